The second-order valence-corrected chi connectivity index (χ2v) is 8.00. The second kappa shape index (κ2) is 7.77. The number of hydrogen-bond acceptors (Lipinski definition) is 3. The lowest BCUT2D eigenvalue weighted by atomic mass is 9.96. The molecule has 31 heavy (non-hydrogen) atoms. The standard InChI is InChI=1S/C20H21F5N4O2/c1-10-6-16-14(17-20(24,25)8-12(30)4-5-29(17)27-16)9-28(10)19(31)26-11-2-3-15(21)13(7-11)18(22)23/h2-3,7,10,12,18,30H,4-6,8-9H2,1H3,(H,26,31)/t10-,12+/m1/s1. The molecule has 2 aromatic rings. The number of nitrogens with zero attached hydrogens (tertiary/aromatic N) is 3. The highest BCUT2D eigenvalue weighted by Crippen LogP contribution is 2.41. The van der Waals surface area contributed by atoms with Crippen LogP contribution in [0, 0.1) is 5.82 Å². The largest absolute Gasteiger partial charge is 0.393 e. The number of carbonyl (C=O) groups excluding carboxylic acids is 1. The third-order valence-electron chi connectivity index (χ3n) is 5.74. The molecule has 2 N–H and O–H groups in total. The van der Waals surface area contributed by atoms with Crippen LogP contribution < -0.4 is 5.32 Å². The maximum atomic E-state index is 14.8. The number of aliphatic hydroxyl groups excluding tert-OH is 1. The Morgan fingerprint density at radius 2 is 2.10 bits per heavy atom. The molecule has 1 aromatic carbocycles. The van der Waals surface area contributed by atoms with E-state index in [1.165, 1.54) is 9.58 Å². The lowest BCUT2D eigenvalue weighted by Crippen LogP contribution is -2.45. The van der Waals surface area contributed by atoms with Crippen molar-refractivity contribution in [1.29, 1.82) is 0 Å². The van der Waals surface area contributed by atoms with Crippen LogP contribution >= 0.6 is 0 Å². The van der Waals surface area contributed by atoms with Gasteiger partial charge in [0.25, 0.3) is 12.3 Å². The molecule has 0 bridgehead atoms. The summed E-state index contributed by atoms with van der Waals surface area (Å²) in [6.07, 6.45) is -4.53. The minimum atomic E-state index is -3.30. The van der Waals surface area contributed by atoms with Crippen LogP contribution in [0.15, 0.2) is 18.2 Å². The lowest BCUT2D eigenvalue weighted by Gasteiger charge is -2.34. The van der Waals surface area contributed by atoms with Gasteiger partial charge in [0.05, 0.1) is 23.9 Å². The van der Waals surface area contributed by atoms with Crippen molar-refractivity contribution in [2.75, 3.05) is 5.32 Å². The molecule has 11 heteroatoms. The van der Waals surface area contributed by atoms with Gasteiger partial charge in [-0.2, -0.15) is 13.9 Å². The van der Waals surface area contributed by atoms with Crippen molar-refractivity contribution in [1.82, 2.24) is 14.7 Å². The molecule has 168 valence electrons. The first-order chi connectivity index (χ1) is 14.6. The van der Waals surface area contributed by atoms with E-state index in [0.29, 0.717) is 5.69 Å². The molecule has 3 heterocycles. The van der Waals surface area contributed by atoms with Crippen molar-refractivity contribution in [2.24, 2.45) is 0 Å². The summed E-state index contributed by atoms with van der Waals surface area (Å²) in [5.41, 5.74) is -0.455. The van der Waals surface area contributed by atoms with E-state index in [1.54, 1.807) is 6.92 Å². The van der Waals surface area contributed by atoms with Crippen molar-refractivity contribution in [2.45, 2.75) is 63.8 Å². The van der Waals surface area contributed by atoms with Gasteiger partial charge >= 0.3 is 6.03 Å². The summed E-state index contributed by atoms with van der Waals surface area (Å²) in [6, 6.07) is 1.76. The van der Waals surface area contributed by atoms with E-state index in [1.807, 2.05) is 0 Å². The molecule has 0 aliphatic carbocycles. The molecule has 6 nitrogen and oxygen atoms in total. The van der Waals surface area contributed by atoms with Crippen LogP contribution in [0.1, 0.15) is 48.7 Å². The van der Waals surface area contributed by atoms with Gasteiger partial charge in [-0.3, -0.25) is 4.68 Å². The Morgan fingerprint density at radius 1 is 1.35 bits per heavy atom. The number of anilines is 1. The van der Waals surface area contributed by atoms with Crippen LogP contribution in [0.25, 0.3) is 0 Å². The number of aromatic nitrogens is 2. The highest BCUT2D eigenvalue weighted by Gasteiger charge is 2.45. The van der Waals surface area contributed by atoms with Gasteiger partial charge in [-0.15, -0.1) is 0 Å². The number of fused-ring (bicyclic) bond motifs is 3. The van der Waals surface area contributed by atoms with E-state index in [9.17, 15) is 31.9 Å². The van der Waals surface area contributed by atoms with Crippen LogP contribution in [0.3, 0.4) is 0 Å². The normalized spacial score (nSPS) is 22.6. The maximum absolute atomic E-state index is 14.8. The number of carbonyl (C=O) groups is 1. The predicted octanol–water partition coefficient (Wildman–Crippen LogP) is 4.19. The molecule has 2 amide bonds. The van der Waals surface area contributed by atoms with Gasteiger partial charge in [-0.25, -0.2) is 18.0 Å². The van der Waals surface area contributed by atoms with Gasteiger partial charge in [-0.05, 0) is 31.5 Å². The smallest absolute Gasteiger partial charge is 0.322 e. The Bertz CT molecular complexity index is 1010. The summed E-state index contributed by atoms with van der Waals surface area (Å²) >= 11 is 0. The Balaban J connectivity index is 1.60. The topological polar surface area (TPSA) is 70.4 Å². The summed E-state index contributed by atoms with van der Waals surface area (Å²) in [5.74, 6) is -4.39. The zero-order valence-corrected chi connectivity index (χ0v) is 16.6. The summed E-state index contributed by atoms with van der Waals surface area (Å²) in [4.78, 5) is 14.1. The first-order valence-electron chi connectivity index (χ1n) is 9.87. The fraction of sp³-hybridized carbons (Fsp3) is 0.500. The molecule has 2 atom stereocenters. The number of nitrogens with one attached hydrogen (secondary N) is 1. The van der Waals surface area contributed by atoms with E-state index in [0.717, 1.165) is 18.2 Å². The number of halogens is 5. The van der Waals surface area contributed by atoms with Crippen molar-refractivity contribution in [3.8, 4) is 0 Å². The summed E-state index contributed by atoms with van der Waals surface area (Å²) in [7, 11) is 0. The number of hydrogen-bond donors (Lipinski definition) is 2. The summed E-state index contributed by atoms with van der Waals surface area (Å²) < 4.78 is 70.2. The van der Waals surface area contributed by atoms with Crippen LogP contribution in [0.2, 0.25) is 0 Å². The molecule has 0 saturated heterocycles. The minimum absolute atomic E-state index is 0.0259. The average molecular weight is 444 g/mol. The number of urea groups is 1. The van der Waals surface area contributed by atoms with Gasteiger partial charge in [0.1, 0.15) is 11.5 Å². The van der Waals surface area contributed by atoms with Crippen LogP contribution in [-0.4, -0.2) is 38.0 Å². The SMILES string of the molecule is C[C@@H]1Cc2nn3c(c2CN1C(=O)Nc1ccc(F)c(C(F)F)c1)C(F)(F)C[C@@H](O)CC3. The number of amides is 2. The monoisotopic (exact) mass is 444 g/mol. The number of aliphatic hydroxyl groups is 1. The summed E-state index contributed by atoms with van der Waals surface area (Å²) in [6.45, 7) is 1.72. The molecular weight excluding hydrogens is 423 g/mol. The Labute approximate surface area is 174 Å². The van der Waals surface area contributed by atoms with E-state index in [-0.39, 0.29) is 48.9 Å². The van der Waals surface area contributed by atoms with Gasteiger partial charge in [0.2, 0.25) is 0 Å². The molecule has 0 fully saturated rings. The Hall–Kier alpha value is -2.69. The molecule has 0 saturated carbocycles. The third kappa shape index (κ3) is 3.98. The fourth-order valence-electron chi connectivity index (χ4n) is 4.19. The molecule has 4 rings (SSSR count). The second-order valence-electron chi connectivity index (χ2n) is 8.00. The van der Waals surface area contributed by atoms with Crippen LogP contribution in [0.4, 0.5) is 32.4 Å². The highest BCUT2D eigenvalue weighted by molar-refractivity contribution is 5.89. The van der Waals surface area contributed by atoms with Crippen LogP contribution in [-0.2, 0) is 25.4 Å². The first kappa shape index (κ1) is 21.5. The molecule has 1 aromatic heterocycles. The number of benzene rings is 1. The van der Waals surface area contributed by atoms with Crippen molar-refractivity contribution < 1.29 is 31.9 Å². The van der Waals surface area contributed by atoms with Gasteiger partial charge in [0.15, 0.2) is 0 Å². The van der Waals surface area contributed by atoms with E-state index >= 15 is 0 Å². The average Bonchev–Trinajstić information content (AvgIpc) is 2.99. The van der Waals surface area contributed by atoms with Crippen molar-refractivity contribution >= 4 is 11.7 Å². The van der Waals surface area contributed by atoms with Gasteiger partial charge in [-0.1, -0.05) is 0 Å². The van der Waals surface area contributed by atoms with E-state index in [4.69, 9.17) is 0 Å². The van der Waals surface area contributed by atoms with Crippen LogP contribution in [0.5, 0.6) is 0 Å². The number of rotatable bonds is 2. The quantitative estimate of drug-likeness (QED) is 0.683. The first-order valence-corrected chi connectivity index (χ1v) is 9.87. The Kier molecular flexibility index (Phi) is 5.40. The van der Waals surface area contributed by atoms with E-state index in [2.05, 4.69) is 10.4 Å². The fourth-order valence-corrected chi connectivity index (χ4v) is 4.19. The molecular formula is C20H21F5N4O2. The van der Waals surface area contributed by atoms with Gasteiger partial charge in [0, 0.05) is 36.7 Å². The van der Waals surface area contributed by atoms with Gasteiger partial charge < -0.3 is 15.3 Å². The zero-order chi connectivity index (χ0) is 22.5. The molecule has 0 unspecified atom stereocenters. The zero-order valence-electron chi connectivity index (χ0n) is 16.6. The number of aryl methyl sites for hydroxylation is 1. The molecule has 2 aliphatic heterocycles. The molecule has 2 aliphatic rings. The summed E-state index contributed by atoms with van der Waals surface area (Å²) in [5, 5.41) is 16.5. The predicted molar refractivity (Wildman–Crippen MR) is 100 cm³/mol. The third-order valence-corrected chi connectivity index (χ3v) is 5.74. The lowest BCUT2D eigenvalue weighted by molar-refractivity contribution is -0.0509. The maximum Gasteiger partial charge on any atom is 0.322 e. The number of alkyl halides is 4. The Morgan fingerprint density at radius 3 is 2.81 bits per heavy atom. The minimum Gasteiger partial charge on any atom is -0.393 e. The van der Waals surface area contributed by atoms with E-state index < -0.39 is 42.3 Å². The van der Waals surface area contributed by atoms with Crippen molar-refractivity contribution in [3.63, 3.8) is 0 Å². The van der Waals surface area contributed by atoms with Crippen molar-refractivity contribution in [3.05, 3.63) is 46.5 Å². The molecule has 0 spiro atoms. The molecule has 0 radical (unpaired) electrons. The highest BCUT2D eigenvalue weighted by atomic mass is 19.3.